The van der Waals surface area contributed by atoms with Crippen molar-refractivity contribution in [3.05, 3.63) is 24.4 Å². The van der Waals surface area contributed by atoms with E-state index < -0.39 is 61.5 Å². The molecule has 10 nitrogen and oxygen atoms in total. The molecule has 1 aliphatic rings. The Bertz CT molecular complexity index is 2500. The lowest BCUT2D eigenvalue weighted by atomic mass is 9.98. The second-order valence-corrected chi connectivity index (χ2v) is 16.7. The Morgan fingerprint density at radius 1 is 0.672 bits per heavy atom. The molecule has 8 atom stereocenters. The Kier molecular flexibility index (Phi) is 33.1. The molecule has 0 spiro atoms. The van der Waals surface area contributed by atoms with E-state index in [-0.39, 0.29) is 12.2 Å². The molecule has 2 unspecified atom stereocenters. The van der Waals surface area contributed by atoms with Gasteiger partial charge in [0.15, 0.2) is 6.29 Å². The molecule has 1 fully saturated rings. The van der Waals surface area contributed by atoms with Crippen LogP contribution in [0.2, 0.25) is 0 Å². The van der Waals surface area contributed by atoms with Gasteiger partial charge < -0.3 is 40.3 Å². The molecule has 1 aromatic heterocycles. The number of nitrogens with zero attached hydrogens (tertiary/aromatic N) is 1. The molecule has 0 bridgehead atoms. The van der Waals surface area contributed by atoms with Crippen molar-refractivity contribution in [2.24, 2.45) is 0 Å². The van der Waals surface area contributed by atoms with E-state index in [1.165, 1.54) is 73.0 Å². The fourth-order valence-corrected chi connectivity index (χ4v) is 7.89. The first-order valence-electron chi connectivity index (χ1n) is 21.9. The van der Waals surface area contributed by atoms with Crippen molar-refractivity contribution in [2.45, 2.75) is 151 Å². The average Bonchev–Trinajstić information content (AvgIpc) is 3.33. The van der Waals surface area contributed by atoms with Gasteiger partial charge in [0.2, 0.25) is 0 Å². The first kappa shape index (κ1) is 56.9. The molecular formula is C55H54N2O8S2. The zero-order valence-electron chi connectivity index (χ0n) is 37.8. The summed E-state index contributed by atoms with van der Waals surface area (Å²) in [6.07, 6.45) is 5.92. The topological polar surface area (TPSA) is 162 Å². The van der Waals surface area contributed by atoms with Gasteiger partial charge in [-0.1, -0.05) is 107 Å². The van der Waals surface area contributed by atoms with Gasteiger partial charge in [-0.25, -0.2) is 4.98 Å². The van der Waals surface area contributed by atoms with Gasteiger partial charge in [0.05, 0.1) is 24.9 Å². The van der Waals surface area contributed by atoms with E-state index in [0.29, 0.717) is 6.42 Å². The third-order valence-corrected chi connectivity index (χ3v) is 11.5. The lowest BCUT2D eigenvalue weighted by molar-refractivity contribution is -0.294. The number of hydrogen-bond acceptors (Lipinski definition) is 11. The van der Waals surface area contributed by atoms with Crippen LogP contribution in [0.15, 0.2) is 29.4 Å². The van der Waals surface area contributed by atoms with Crippen molar-refractivity contribution in [1.29, 1.82) is 0 Å². The van der Waals surface area contributed by atoms with E-state index >= 15 is 0 Å². The van der Waals surface area contributed by atoms with Gasteiger partial charge in [0, 0.05) is 53.4 Å². The lowest BCUT2D eigenvalue weighted by Crippen LogP contribution is -2.60. The van der Waals surface area contributed by atoms with Gasteiger partial charge in [0.25, 0.3) is 5.91 Å². The van der Waals surface area contributed by atoms with Gasteiger partial charge in [-0.2, -0.15) is 0 Å². The Labute approximate surface area is 405 Å². The number of carbonyl (C=O) groups is 1. The van der Waals surface area contributed by atoms with Crippen LogP contribution in [0, 0.1) is 142 Å². The predicted octanol–water partition coefficient (Wildman–Crippen LogP) is 4.00. The van der Waals surface area contributed by atoms with Crippen LogP contribution in [0.1, 0.15) is 97.3 Å². The van der Waals surface area contributed by atoms with Crippen molar-refractivity contribution in [3.63, 3.8) is 0 Å². The summed E-state index contributed by atoms with van der Waals surface area (Å²) in [6.45, 7) is 3.46. The van der Waals surface area contributed by atoms with Gasteiger partial charge in [-0.3, -0.25) is 4.79 Å². The highest BCUT2D eigenvalue weighted by atomic mass is 33.1. The SMILES string of the molecule is CC#CC#CC#CC#CC#CC#CC#CC#CC#CC#CC#CC#CC(=O)N[C@@H](CO[C@H]1OC(CSSc2ccccn2)[C@H](O)[C@H](O)C1O)[C@H](O)[C@H](O)CCCCCCCCCCCCCC. The van der Waals surface area contributed by atoms with Gasteiger partial charge >= 0.3 is 0 Å². The summed E-state index contributed by atoms with van der Waals surface area (Å²) in [5.41, 5.74) is 0. The molecule has 1 amide bonds. The third-order valence-electron chi connectivity index (χ3n) is 9.21. The fraction of sp³-hybridized carbons (Fsp3) is 0.455. The smallest absolute Gasteiger partial charge is 0.297 e. The van der Waals surface area contributed by atoms with Crippen LogP contribution in [-0.4, -0.2) is 97.7 Å². The van der Waals surface area contributed by atoms with Gasteiger partial charge in [-0.15, -0.1) is 0 Å². The summed E-state index contributed by atoms with van der Waals surface area (Å²) < 4.78 is 11.7. The molecule has 6 N–H and O–H groups in total. The van der Waals surface area contributed by atoms with Crippen LogP contribution in [-0.2, 0) is 14.3 Å². The van der Waals surface area contributed by atoms with E-state index in [1.807, 2.05) is 12.1 Å². The largest absolute Gasteiger partial charge is 0.390 e. The van der Waals surface area contributed by atoms with E-state index in [1.54, 1.807) is 19.2 Å². The molecule has 67 heavy (non-hydrogen) atoms. The molecule has 1 aliphatic heterocycles. The summed E-state index contributed by atoms with van der Waals surface area (Å²) in [6, 6.07) is 4.25. The molecule has 0 saturated carbocycles. The number of hydrogen-bond donors (Lipinski definition) is 6. The Balaban J connectivity index is 1.98. The van der Waals surface area contributed by atoms with Crippen LogP contribution in [0.25, 0.3) is 0 Å². The molecule has 344 valence electrons. The normalized spacial score (nSPS) is 17.1. The standard InChI is InChI=1S/C55H54N2O8S2/c1-3-5-7-9-11-13-15-17-18-19-20-21-22-23-24-25-26-27-29-31-33-35-37-41-49(59)57-46(51(60)47(58)40-36-34-32-30-28-16-14-12-10-8-6-4-2)44-64-55-54(63)53(62)52(61)48(65-55)45-66-67-50-42-38-39-43-56-50/h38-39,42-43,46-48,51-55,58,60-63H,4,6,8,10,12,14,16,28,30,32,34,36,40,44-45H2,1-2H3,(H,57,59)/t46-,47+,48?,51-,52-,53-,54?,55-/m0/s1. The summed E-state index contributed by atoms with van der Waals surface area (Å²) in [7, 11) is 2.68. The lowest BCUT2D eigenvalue weighted by Gasteiger charge is -2.40. The molecule has 2 heterocycles. The zero-order chi connectivity index (χ0) is 48.4. The number of amides is 1. The van der Waals surface area contributed by atoms with Crippen LogP contribution >= 0.6 is 21.6 Å². The maximum absolute atomic E-state index is 12.9. The number of pyridine rings is 1. The minimum Gasteiger partial charge on any atom is -0.390 e. The molecule has 2 rings (SSSR count). The van der Waals surface area contributed by atoms with Crippen LogP contribution in [0.3, 0.4) is 0 Å². The second-order valence-electron chi connectivity index (χ2n) is 14.3. The fourth-order valence-electron chi connectivity index (χ4n) is 5.79. The summed E-state index contributed by atoms with van der Waals surface area (Å²) in [5.74, 6) is 59.1. The highest BCUT2D eigenvalue weighted by Crippen LogP contribution is 2.33. The zero-order valence-corrected chi connectivity index (χ0v) is 39.4. The molecule has 0 aliphatic carbocycles. The Morgan fingerprint density at radius 2 is 1.15 bits per heavy atom. The van der Waals surface area contributed by atoms with E-state index in [0.717, 1.165) is 24.3 Å². The first-order chi connectivity index (χ1) is 32.8. The van der Waals surface area contributed by atoms with Gasteiger partial charge in [0.1, 0.15) is 29.4 Å². The van der Waals surface area contributed by atoms with Crippen molar-refractivity contribution >= 4 is 27.5 Å². The van der Waals surface area contributed by atoms with Crippen molar-refractivity contribution in [2.75, 3.05) is 12.4 Å². The maximum Gasteiger partial charge on any atom is 0.297 e. The summed E-state index contributed by atoms with van der Waals surface area (Å²) >= 11 is 0. The highest BCUT2D eigenvalue weighted by Gasteiger charge is 2.44. The number of unbranched alkanes of at least 4 members (excludes halogenated alkanes) is 11. The molecule has 12 heteroatoms. The number of carbonyl (C=O) groups excluding carboxylic acids is 1. The average molecular weight is 935 g/mol. The quantitative estimate of drug-likeness (QED) is 0.0535. The monoisotopic (exact) mass is 934 g/mol. The second kappa shape index (κ2) is 39.0. The first-order valence-corrected chi connectivity index (χ1v) is 24.2. The van der Waals surface area contributed by atoms with Crippen molar-refractivity contribution in [3.8, 4) is 142 Å². The number of ether oxygens (including phenoxy) is 2. The van der Waals surface area contributed by atoms with Crippen molar-refractivity contribution in [1.82, 2.24) is 10.3 Å². The molecule has 1 aromatic rings. The van der Waals surface area contributed by atoms with E-state index in [4.69, 9.17) is 9.47 Å². The molecule has 1 saturated heterocycles. The van der Waals surface area contributed by atoms with E-state index in [9.17, 15) is 30.3 Å². The van der Waals surface area contributed by atoms with Gasteiger partial charge in [-0.05, 0) is 131 Å². The number of aromatic nitrogens is 1. The number of nitrogens with one attached hydrogen (secondary N) is 1. The maximum atomic E-state index is 12.9. The number of rotatable bonds is 23. The third kappa shape index (κ3) is 28.4. The molecule has 0 radical (unpaired) electrons. The summed E-state index contributed by atoms with van der Waals surface area (Å²) in [4.78, 5) is 17.1. The van der Waals surface area contributed by atoms with Crippen LogP contribution in [0.4, 0.5) is 0 Å². The number of aliphatic hydroxyl groups is 5. The molecule has 0 aromatic carbocycles. The number of aliphatic hydroxyl groups excluding tert-OH is 5. The van der Waals surface area contributed by atoms with Crippen LogP contribution < -0.4 is 5.32 Å². The summed E-state index contributed by atoms with van der Waals surface area (Å²) in [5, 5.41) is 57.5. The predicted molar refractivity (Wildman–Crippen MR) is 264 cm³/mol. The van der Waals surface area contributed by atoms with E-state index in [2.05, 4.69) is 159 Å². The Morgan fingerprint density at radius 3 is 1.63 bits per heavy atom. The minimum atomic E-state index is -1.65. The van der Waals surface area contributed by atoms with Crippen molar-refractivity contribution < 1.29 is 39.8 Å². The molecular weight excluding hydrogens is 881 g/mol. The Hall–Kier alpha value is -6.24. The minimum absolute atomic E-state index is 0.209. The van der Waals surface area contributed by atoms with Crippen LogP contribution in [0.5, 0.6) is 0 Å². The highest BCUT2D eigenvalue weighted by molar-refractivity contribution is 8.76.